The molecule has 8 nitrogen and oxygen atoms in total. The molecule has 0 bridgehead atoms. The van der Waals surface area contributed by atoms with E-state index >= 15 is 0 Å². The van der Waals surface area contributed by atoms with Crippen LogP contribution in [0.2, 0.25) is 0 Å². The van der Waals surface area contributed by atoms with E-state index in [1.54, 1.807) is 11.1 Å². The molecule has 9 heteroatoms. The molecular formula is C31H44N2O6S. The molecule has 2 saturated carbocycles. The van der Waals surface area contributed by atoms with Crippen molar-refractivity contribution in [2.75, 3.05) is 20.1 Å². The van der Waals surface area contributed by atoms with Crippen LogP contribution in [-0.2, 0) is 19.9 Å². The first-order valence-corrected chi connectivity index (χ1v) is 16.2. The van der Waals surface area contributed by atoms with Gasteiger partial charge in [-0.05, 0) is 117 Å². The summed E-state index contributed by atoms with van der Waals surface area (Å²) in [6, 6.07) is 4.32. The zero-order valence-electron chi connectivity index (χ0n) is 24.0. The van der Waals surface area contributed by atoms with Gasteiger partial charge in [0.05, 0.1) is 5.92 Å². The number of esters is 1. The highest BCUT2D eigenvalue weighted by atomic mass is 32.3. The van der Waals surface area contributed by atoms with Gasteiger partial charge in [-0.2, -0.15) is 8.42 Å². The quantitative estimate of drug-likeness (QED) is 0.272. The van der Waals surface area contributed by atoms with Crippen molar-refractivity contribution in [1.82, 2.24) is 9.88 Å². The van der Waals surface area contributed by atoms with Gasteiger partial charge in [0.1, 0.15) is 6.10 Å². The molecule has 2 heterocycles. The lowest BCUT2D eigenvalue weighted by Crippen LogP contribution is -2.50. The monoisotopic (exact) mass is 572 g/mol. The number of carbonyl (C=O) groups is 1. The molecule has 3 fully saturated rings. The van der Waals surface area contributed by atoms with Crippen molar-refractivity contribution in [3.8, 4) is 0 Å². The maximum absolute atomic E-state index is 12.9. The number of allylic oxidation sites excluding steroid dienone is 3. The molecule has 1 aliphatic heterocycles. The minimum atomic E-state index is -4.67. The van der Waals surface area contributed by atoms with Gasteiger partial charge in [0.2, 0.25) is 0 Å². The number of piperidine rings is 1. The molecule has 1 aromatic heterocycles. The van der Waals surface area contributed by atoms with Crippen LogP contribution >= 0.6 is 0 Å². The summed E-state index contributed by atoms with van der Waals surface area (Å²) in [5.74, 6) is 2.41. The van der Waals surface area contributed by atoms with Gasteiger partial charge in [-0.15, -0.1) is 0 Å². The Kier molecular flexibility index (Phi) is 8.32. The Morgan fingerprint density at radius 2 is 1.73 bits per heavy atom. The third-order valence-corrected chi connectivity index (χ3v) is 10.9. The highest BCUT2D eigenvalue weighted by Crippen LogP contribution is 2.66. The Morgan fingerprint density at radius 1 is 1.02 bits per heavy atom. The van der Waals surface area contributed by atoms with Crippen LogP contribution in [0.15, 0.2) is 42.3 Å². The average molecular weight is 573 g/mol. The molecule has 0 aromatic carbocycles. The third kappa shape index (κ3) is 5.94. The van der Waals surface area contributed by atoms with Gasteiger partial charge in [-0.25, -0.2) is 0 Å². The van der Waals surface area contributed by atoms with E-state index in [2.05, 4.69) is 61.3 Å². The predicted octanol–water partition coefficient (Wildman–Crippen LogP) is 5.64. The van der Waals surface area contributed by atoms with Crippen LogP contribution in [0.1, 0.15) is 77.2 Å². The van der Waals surface area contributed by atoms with E-state index in [4.69, 9.17) is 22.3 Å². The molecule has 220 valence electrons. The van der Waals surface area contributed by atoms with Crippen molar-refractivity contribution in [1.29, 1.82) is 0 Å². The second kappa shape index (κ2) is 11.3. The molecule has 0 spiro atoms. The van der Waals surface area contributed by atoms with Gasteiger partial charge >= 0.3 is 16.4 Å². The van der Waals surface area contributed by atoms with Gasteiger partial charge in [0.15, 0.2) is 0 Å². The van der Waals surface area contributed by atoms with Crippen molar-refractivity contribution in [2.24, 2.45) is 34.5 Å². The Balaban J connectivity index is 0.000000595. The average Bonchev–Trinajstić information content (AvgIpc) is 3.26. The summed E-state index contributed by atoms with van der Waals surface area (Å²) in [4.78, 5) is 19.6. The maximum atomic E-state index is 12.9. The number of likely N-dealkylation sites (tertiary alicyclic amines) is 1. The summed E-state index contributed by atoms with van der Waals surface area (Å²) < 4.78 is 37.7. The van der Waals surface area contributed by atoms with Crippen LogP contribution in [0.3, 0.4) is 0 Å². The van der Waals surface area contributed by atoms with Gasteiger partial charge < -0.3 is 9.64 Å². The number of rotatable bonds is 3. The zero-order chi connectivity index (χ0) is 28.7. The molecule has 5 aliphatic rings. The second-order valence-electron chi connectivity index (χ2n) is 13.1. The normalized spacial score (nSPS) is 36.1. The lowest BCUT2D eigenvalue weighted by molar-refractivity contribution is -0.157. The smallest absolute Gasteiger partial charge is 0.394 e. The SMILES string of the molecule is CN1CCC(C(=O)O[C@H]2CC[C@@]3(C)C(=CC[C@@H]4[C@@H]3CC[C@]3(C)C(c5cccnc5)=CC[C@@H]43)C2)CC1.O=S(=O)(O)O. The molecule has 6 rings (SSSR count). The summed E-state index contributed by atoms with van der Waals surface area (Å²) in [7, 11) is -2.53. The van der Waals surface area contributed by atoms with Crippen LogP contribution < -0.4 is 0 Å². The van der Waals surface area contributed by atoms with E-state index in [1.807, 2.05) is 6.20 Å². The van der Waals surface area contributed by atoms with Gasteiger partial charge in [-0.1, -0.05) is 37.6 Å². The van der Waals surface area contributed by atoms with Crippen LogP contribution in [0.4, 0.5) is 0 Å². The Labute approximate surface area is 238 Å². The summed E-state index contributed by atoms with van der Waals surface area (Å²) in [6.07, 6.45) is 19.1. The fourth-order valence-electron chi connectivity index (χ4n) is 8.77. The van der Waals surface area contributed by atoms with E-state index in [0.717, 1.165) is 62.9 Å². The molecule has 2 N–H and O–H groups in total. The molecule has 4 aliphatic carbocycles. The Bertz CT molecular complexity index is 1250. The van der Waals surface area contributed by atoms with Crippen molar-refractivity contribution in [3.63, 3.8) is 0 Å². The lowest BCUT2D eigenvalue weighted by Gasteiger charge is -2.58. The summed E-state index contributed by atoms with van der Waals surface area (Å²) in [5, 5.41) is 0. The van der Waals surface area contributed by atoms with E-state index < -0.39 is 10.4 Å². The lowest BCUT2D eigenvalue weighted by atomic mass is 9.47. The zero-order valence-corrected chi connectivity index (χ0v) is 24.8. The fourth-order valence-corrected chi connectivity index (χ4v) is 8.77. The van der Waals surface area contributed by atoms with Gasteiger partial charge in [0, 0.05) is 18.8 Å². The number of nitrogens with zero attached hydrogens (tertiary/aromatic N) is 2. The topological polar surface area (TPSA) is 117 Å². The standard InChI is InChI=1S/C31H42N2O2.H2O4S/c1-30-14-10-24(35-29(34)21-12-17-33(3)18-13-21)19-23(30)6-7-25-27-9-8-26(22-5-4-16-32-20-22)31(27,2)15-11-28(25)30;1-5(2,3)4/h4-6,8,16,20-21,24-25,27-28H,7,9-15,17-19H2,1-3H3;(H2,1,2,3,4)/t24-,25-,27-,28-,30-,31+;/m0./s1. The number of carbonyl (C=O) groups excluding carboxylic acids is 1. The first-order valence-electron chi connectivity index (χ1n) is 14.8. The number of fused-ring (bicyclic) bond motifs is 5. The van der Waals surface area contributed by atoms with E-state index in [-0.39, 0.29) is 28.8 Å². The van der Waals surface area contributed by atoms with Crippen LogP contribution in [0.25, 0.3) is 5.57 Å². The number of pyridine rings is 1. The summed E-state index contributed by atoms with van der Waals surface area (Å²) in [5.41, 5.74) is 5.00. The molecule has 1 aromatic rings. The maximum Gasteiger partial charge on any atom is 0.394 e. The molecule has 40 heavy (non-hydrogen) atoms. The largest absolute Gasteiger partial charge is 0.462 e. The Morgan fingerprint density at radius 3 is 2.40 bits per heavy atom. The van der Waals surface area contributed by atoms with E-state index in [9.17, 15) is 4.79 Å². The summed E-state index contributed by atoms with van der Waals surface area (Å²) >= 11 is 0. The Hall–Kier alpha value is -2.07. The van der Waals surface area contributed by atoms with Crippen LogP contribution in [-0.4, -0.2) is 59.6 Å². The second-order valence-corrected chi connectivity index (χ2v) is 14.0. The van der Waals surface area contributed by atoms with Crippen LogP contribution in [0.5, 0.6) is 0 Å². The van der Waals surface area contributed by atoms with Crippen molar-refractivity contribution >= 4 is 21.9 Å². The molecule has 6 atom stereocenters. The van der Waals surface area contributed by atoms with Gasteiger partial charge in [0.25, 0.3) is 0 Å². The first kappa shape index (κ1) is 29.4. The molecule has 0 unspecified atom stereocenters. The molecule has 1 saturated heterocycles. The van der Waals surface area contributed by atoms with Gasteiger partial charge in [-0.3, -0.25) is 18.9 Å². The number of ether oxygens (including phenoxy) is 1. The first-order chi connectivity index (χ1) is 18.9. The highest BCUT2D eigenvalue weighted by molar-refractivity contribution is 7.79. The molecule has 0 radical (unpaired) electrons. The highest BCUT2D eigenvalue weighted by Gasteiger charge is 2.57. The number of hydrogen-bond donors (Lipinski definition) is 2. The van der Waals surface area contributed by atoms with Crippen molar-refractivity contribution < 1.29 is 27.1 Å². The van der Waals surface area contributed by atoms with E-state index in [0.29, 0.717) is 0 Å². The minimum absolute atomic E-state index is 0.0642. The number of aromatic nitrogens is 1. The molecule has 0 amide bonds. The van der Waals surface area contributed by atoms with Crippen molar-refractivity contribution in [3.05, 3.63) is 47.8 Å². The summed E-state index contributed by atoms with van der Waals surface area (Å²) in [6.45, 7) is 7.08. The predicted molar refractivity (Wildman–Crippen MR) is 154 cm³/mol. The number of hydrogen-bond acceptors (Lipinski definition) is 6. The third-order valence-electron chi connectivity index (χ3n) is 10.9. The minimum Gasteiger partial charge on any atom is -0.462 e. The van der Waals surface area contributed by atoms with Crippen molar-refractivity contribution in [2.45, 2.75) is 77.7 Å². The fraction of sp³-hybridized carbons (Fsp3) is 0.677. The molecular weight excluding hydrogens is 528 g/mol. The van der Waals surface area contributed by atoms with Crippen LogP contribution in [0, 0.1) is 34.5 Å². The van der Waals surface area contributed by atoms with E-state index in [1.165, 1.54) is 31.2 Å².